The van der Waals surface area contributed by atoms with Gasteiger partial charge in [-0.1, -0.05) is 32.0 Å². The lowest BCUT2D eigenvalue weighted by Crippen LogP contribution is -2.25. The number of nitrogens with zero attached hydrogens (tertiary/aromatic N) is 1. The summed E-state index contributed by atoms with van der Waals surface area (Å²) in [5, 5.41) is 0. The van der Waals surface area contributed by atoms with Crippen molar-refractivity contribution in [3.63, 3.8) is 0 Å². The average Bonchev–Trinajstić information content (AvgIpc) is 3.29. The number of ether oxygens (including phenoxy) is 1. The van der Waals surface area contributed by atoms with Crippen LogP contribution in [-0.2, 0) is 27.8 Å². The van der Waals surface area contributed by atoms with E-state index in [2.05, 4.69) is 26.0 Å². The van der Waals surface area contributed by atoms with Gasteiger partial charge in [-0.2, -0.15) is 0 Å². The maximum atomic E-state index is 12.5. The molecule has 0 saturated heterocycles. The lowest BCUT2D eigenvalue weighted by atomic mass is 9.83. The third-order valence-electron chi connectivity index (χ3n) is 5.53. The van der Waals surface area contributed by atoms with Crippen molar-refractivity contribution in [1.82, 2.24) is 0 Å². The third-order valence-corrected chi connectivity index (χ3v) is 6.75. The second-order valence-corrected chi connectivity index (χ2v) is 8.82. The van der Waals surface area contributed by atoms with E-state index in [-0.39, 0.29) is 17.8 Å². The Morgan fingerprint density at radius 1 is 1.26 bits per heavy atom. The van der Waals surface area contributed by atoms with E-state index in [1.807, 2.05) is 30.1 Å². The summed E-state index contributed by atoms with van der Waals surface area (Å²) in [7, 11) is 1.96. The van der Waals surface area contributed by atoms with Crippen molar-refractivity contribution in [3.8, 4) is 0 Å². The van der Waals surface area contributed by atoms with Crippen molar-refractivity contribution >= 4 is 28.8 Å². The third kappa shape index (κ3) is 3.10. The first-order valence-corrected chi connectivity index (χ1v) is 10.1. The van der Waals surface area contributed by atoms with E-state index < -0.39 is 5.97 Å². The SMILES string of the molecule is CN1/C(=C\C(=O)COC(=O)c2cc3c(s2)CCC3)C(C)(C)c2ccccc21. The van der Waals surface area contributed by atoms with Crippen molar-refractivity contribution in [2.24, 2.45) is 0 Å². The highest BCUT2D eigenvalue weighted by Crippen LogP contribution is 2.46. The molecule has 4 rings (SSSR count). The van der Waals surface area contributed by atoms with Crippen LogP contribution in [0, 0.1) is 0 Å². The van der Waals surface area contributed by atoms with E-state index in [4.69, 9.17) is 4.74 Å². The molecule has 140 valence electrons. The molecular weight excluding hydrogens is 358 g/mol. The summed E-state index contributed by atoms with van der Waals surface area (Å²) in [6.45, 7) is 3.98. The van der Waals surface area contributed by atoms with Crippen LogP contribution in [0.3, 0.4) is 0 Å². The molecule has 1 aromatic carbocycles. The number of carbonyl (C=O) groups excluding carboxylic acids is 2. The number of hydrogen-bond donors (Lipinski definition) is 0. The molecule has 0 unspecified atom stereocenters. The lowest BCUT2D eigenvalue weighted by Gasteiger charge is -2.23. The Labute approximate surface area is 163 Å². The lowest BCUT2D eigenvalue weighted by molar-refractivity contribution is -0.117. The molecule has 0 saturated carbocycles. The van der Waals surface area contributed by atoms with Gasteiger partial charge in [0.15, 0.2) is 12.4 Å². The summed E-state index contributed by atoms with van der Waals surface area (Å²) >= 11 is 1.50. The van der Waals surface area contributed by atoms with Gasteiger partial charge in [0.05, 0.1) is 0 Å². The highest BCUT2D eigenvalue weighted by molar-refractivity contribution is 7.14. The summed E-state index contributed by atoms with van der Waals surface area (Å²) in [5.41, 5.74) is 4.20. The monoisotopic (exact) mass is 381 g/mol. The normalized spacial score (nSPS) is 18.5. The Hall–Kier alpha value is -2.40. The molecule has 27 heavy (non-hydrogen) atoms. The van der Waals surface area contributed by atoms with Gasteiger partial charge in [-0.3, -0.25) is 4.79 Å². The Morgan fingerprint density at radius 2 is 2.04 bits per heavy atom. The van der Waals surface area contributed by atoms with Crippen LogP contribution >= 0.6 is 11.3 Å². The fourth-order valence-electron chi connectivity index (χ4n) is 4.09. The van der Waals surface area contributed by atoms with Gasteiger partial charge in [0.2, 0.25) is 0 Å². The second-order valence-electron chi connectivity index (χ2n) is 7.69. The van der Waals surface area contributed by atoms with E-state index in [0.29, 0.717) is 4.88 Å². The first-order valence-electron chi connectivity index (χ1n) is 9.25. The predicted octanol–water partition coefficient (Wildman–Crippen LogP) is 4.27. The van der Waals surface area contributed by atoms with Gasteiger partial charge in [-0.05, 0) is 42.5 Å². The molecule has 0 fully saturated rings. The minimum Gasteiger partial charge on any atom is -0.453 e. The van der Waals surface area contributed by atoms with Crippen LogP contribution in [0.1, 0.15) is 45.9 Å². The molecular formula is C22H23NO3S. The van der Waals surface area contributed by atoms with Gasteiger partial charge >= 0.3 is 5.97 Å². The van der Waals surface area contributed by atoms with Crippen molar-refractivity contribution in [1.29, 1.82) is 0 Å². The Kier molecular flexibility index (Phi) is 4.42. The molecule has 0 amide bonds. The van der Waals surface area contributed by atoms with E-state index in [1.165, 1.54) is 27.3 Å². The molecule has 0 spiro atoms. The molecule has 0 bridgehead atoms. The maximum Gasteiger partial charge on any atom is 0.348 e. The summed E-state index contributed by atoms with van der Waals surface area (Å²) in [5.74, 6) is -0.598. The van der Waals surface area contributed by atoms with Gasteiger partial charge in [0.1, 0.15) is 4.88 Å². The molecule has 0 N–H and O–H groups in total. The van der Waals surface area contributed by atoms with Gasteiger partial charge < -0.3 is 9.64 Å². The Bertz CT molecular complexity index is 933. The zero-order valence-electron chi connectivity index (χ0n) is 15.9. The van der Waals surface area contributed by atoms with Crippen molar-refractivity contribution < 1.29 is 14.3 Å². The molecule has 0 radical (unpaired) electrons. The predicted molar refractivity (Wildman–Crippen MR) is 108 cm³/mol. The number of aryl methyl sites for hydroxylation is 2. The first kappa shape index (κ1) is 18.0. The van der Waals surface area contributed by atoms with E-state index in [1.54, 1.807) is 6.08 Å². The number of likely N-dealkylation sites (N-methyl/N-ethyl adjacent to an activating group) is 1. The topological polar surface area (TPSA) is 46.6 Å². The fraction of sp³-hybridized carbons (Fsp3) is 0.364. The number of para-hydroxylation sites is 1. The molecule has 2 heterocycles. The largest absolute Gasteiger partial charge is 0.453 e. The average molecular weight is 381 g/mol. The number of rotatable bonds is 4. The first-order chi connectivity index (χ1) is 12.9. The van der Waals surface area contributed by atoms with Crippen LogP contribution in [0.5, 0.6) is 0 Å². The number of anilines is 1. The zero-order chi connectivity index (χ0) is 19.2. The second kappa shape index (κ2) is 6.64. The Morgan fingerprint density at radius 3 is 2.78 bits per heavy atom. The number of hydrogen-bond acceptors (Lipinski definition) is 5. The molecule has 1 aromatic heterocycles. The minimum absolute atomic E-state index is 0.199. The van der Waals surface area contributed by atoms with Crippen molar-refractivity contribution in [2.45, 2.75) is 38.5 Å². The molecule has 2 aliphatic rings. The smallest absolute Gasteiger partial charge is 0.348 e. The summed E-state index contributed by atoms with van der Waals surface area (Å²) in [6, 6.07) is 10.1. The van der Waals surface area contributed by atoms with Gasteiger partial charge in [0, 0.05) is 34.8 Å². The number of benzene rings is 1. The van der Waals surface area contributed by atoms with Crippen LogP contribution in [0.2, 0.25) is 0 Å². The molecule has 1 aliphatic carbocycles. The summed E-state index contributed by atoms with van der Waals surface area (Å²) < 4.78 is 5.28. The number of allylic oxidation sites excluding steroid dienone is 1. The quantitative estimate of drug-likeness (QED) is 0.586. The van der Waals surface area contributed by atoms with Crippen LogP contribution in [0.15, 0.2) is 42.1 Å². The zero-order valence-corrected chi connectivity index (χ0v) is 16.7. The standard InChI is InChI=1S/C22H23NO3S/c1-22(2)16-8-4-5-9-17(16)23(3)20(22)12-15(24)13-26-21(25)19-11-14-7-6-10-18(14)27-19/h4-5,8-9,11-12H,6-7,10,13H2,1-3H3/b20-12-. The maximum absolute atomic E-state index is 12.5. The van der Waals surface area contributed by atoms with Gasteiger partial charge in [-0.25, -0.2) is 4.79 Å². The summed E-state index contributed by atoms with van der Waals surface area (Å²) in [4.78, 5) is 28.7. The van der Waals surface area contributed by atoms with Crippen LogP contribution < -0.4 is 4.90 Å². The van der Waals surface area contributed by atoms with Crippen LogP contribution in [-0.4, -0.2) is 25.4 Å². The molecule has 5 heteroatoms. The fourth-order valence-corrected chi connectivity index (χ4v) is 5.24. The number of thiophene rings is 1. The van der Waals surface area contributed by atoms with E-state index >= 15 is 0 Å². The molecule has 4 nitrogen and oxygen atoms in total. The number of carbonyl (C=O) groups is 2. The number of ketones is 1. The highest BCUT2D eigenvalue weighted by Gasteiger charge is 2.38. The van der Waals surface area contributed by atoms with Crippen LogP contribution in [0.25, 0.3) is 0 Å². The van der Waals surface area contributed by atoms with Crippen LogP contribution in [0.4, 0.5) is 5.69 Å². The highest BCUT2D eigenvalue weighted by atomic mass is 32.1. The van der Waals surface area contributed by atoms with Gasteiger partial charge in [0.25, 0.3) is 0 Å². The Balaban J connectivity index is 1.45. The van der Waals surface area contributed by atoms with E-state index in [0.717, 1.165) is 30.6 Å². The minimum atomic E-state index is -0.400. The number of esters is 1. The summed E-state index contributed by atoms with van der Waals surface area (Å²) in [6.07, 6.45) is 4.85. The van der Waals surface area contributed by atoms with Gasteiger partial charge in [-0.15, -0.1) is 11.3 Å². The molecule has 0 atom stereocenters. The number of fused-ring (bicyclic) bond motifs is 2. The van der Waals surface area contributed by atoms with Crippen molar-refractivity contribution in [3.05, 3.63) is 63.0 Å². The van der Waals surface area contributed by atoms with E-state index in [9.17, 15) is 9.59 Å². The molecule has 1 aliphatic heterocycles. The van der Waals surface area contributed by atoms with Crippen molar-refractivity contribution in [2.75, 3.05) is 18.6 Å². The molecule has 2 aromatic rings.